The van der Waals surface area contributed by atoms with Crippen molar-refractivity contribution in [2.75, 3.05) is 6.54 Å². The molecular weight excluding hydrogens is 448 g/mol. The number of rotatable bonds is 6. The molecule has 0 aliphatic carbocycles. The zero-order valence-corrected chi connectivity index (χ0v) is 19.7. The number of benzene rings is 3. The predicted molar refractivity (Wildman–Crippen MR) is 131 cm³/mol. The summed E-state index contributed by atoms with van der Waals surface area (Å²) < 4.78 is 28.3. The molecule has 5 rings (SSSR count). The first-order valence-corrected chi connectivity index (χ1v) is 12.8. The number of hydrogen-bond donors (Lipinski definition) is 2. The first kappa shape index (κ1) is 22.3. The van der Waals surface area contributed by atoms with Crippen LogP contribution in [-0.4, -0.2) is 41.2 Å². The average molecular weight is 475 g/mol. The number of carbonyl (C=O) groups excluding carboxylic acids is 1. The lowest BCUT2D eigenvalue weighted by Crippen LogP contribution is -2.45. The molecule has 1 aliphatic rings. The first-order chi connectivity index (χ1) is 16.4. The standard InChI is InChI=1S/C26H26N4O3S/c1-18-9-11-19(12-10-18)17-27-26(31)24-8-5-15-30(24)34(32,33)21-13-14-22-23(16-21)29-25(28-22)20-6-3-2-4-7-20/h2-4,6-7,9-14,16,24H,5,8,15,17H2,1H3,(H,27,31)(H,28,29)/t24-/m0/s1. The van der Waals surface area contributed by atoms with E-state index in [2.05, 4.69) is 15.3 Å². The maximum Gasteiger partial charge on any atom is 0.243 e. The van der Waals surface area contributed by atoms with Crippen LogP contribution < -0.4 is 5.32 Å². The van der Waals surface area contributed by atoms with Crippen molar-refractivity contribution in [2.24, 2.45) is 0 Å². The Balaban J connectivity index is 1.36. The summed E-state index contributed by atoms with van der Waals surface area (Å²) in [5.74, 6) is 0.412. The van der Waals surface area contributed by atoms with E-state index in [9.17, 15) is 13.2 Å². The maximum absolute atomic E-state index is 13.5. The fourth-order valence-corrected chi connectivity index (χ4v) is 6.00. The van der Waals surface area contributed by atoms with Crippen LogP contribution in [0.4, 0.5) is 0 Å². The third-order valence-electron chi connectivity index (χ3n) is 6.20. The van der Waals surface area contributed by atoms with E-state index in [0.29, 0.717) is 42.8 Å². The molecule has 1 amide bonds. The van der Waals surface area contributed by atoms with Crippen LogP contribution in [0.15, 0.2) is 77.7 Å². The lowest BCUT2D eigenvalue weighted by Gasteiger charge is -2.23. The van der Waals surface area contributed by atoms with Crippen LogP contribution in [0.3, 0.4) is 0 Å². The molecule has 0 spiro atoms. The highest BCUT2D eigenvalue weighted by molar-refractivity contribution is 7.89. The zero-order chi connectivity index (χ0) is 23.7. The second kappa shape index (κ2) is 9.04. The molecule has 2 heterocycles. The van der Waals surface area contributed by atoms with Crippen LogP contribution in [0.5, 0.6) is 0 Å². The van der Waals surface area contributed by atoms with E-state index in [-0.39, 0.29) is 10.8 Å². The van der Waals surface area contributed by atoms with E-state index in [4.69, 9.17) is 0 Å². The predicted octanol–water partition coefficient (Wildman–Crippen LogP) is 4.01. The van der Waals surface area contributed by atoms with Crippen molar-refractivity contribution in [1.29, 1.82) is 0 Å². The van der Waals surface area contributed by atoms with E-state index in [1.54, 1.807) is 18.2 Å². The maximum atomic E-state index is 13.5. The van der Waals surface area contributed by atoms with Gasteiger partial charge in [0.25, 0.3) is 0 Å². The number of sulfonamides is 1. The molecular formula is C26H26N4O3S. The number of nitrogens with one attached hydrogen (secondary N) is 2. The van der Waals surface area contributed by atoms with Crippen LogP contribution in [0.2, 0.25) is 0 Å². The SMILES string of the molecule is Cc1ccc(CNC(=O)[C@@H]2CCCN2S(=O)(=O)c2ccc3nc(-c4ccccc4)[nH]c3c2)cc1. The van der Waals surface area contributed by atoms with Crippen molar-refractivity contribution in [3.05, 3.63) is 83.9 Å². The number of H-pyrrole nitrogens is 1. The van der Waals surface area contributed by atoms with Gasteiger partial charge in [0.2, 0.25) is 15.9 Å². The molecule has 3 aromatic carbocycles. The minimum atomic E-state index is -3.84. The number of fused-ring (bicyclic) bond motifs is 1. The Morgan fingerprint density at radius 3 is 2.62 bits per heavy atom. The van der Waals surface area contributed by atoms with Crippen molar-refractivity contribution < 1.29 is 13.2 Å². The molecule has 1 fully saturated rings. The third-order valence-corrected chi connectivity index (χ3v) is 8.11. The van der Waals surface area contributed by atoms with E-state index in [1.165, 1.54) is 4.31 Å². The number of aromatic nitrogens is 2. The fraction of sp³-hybridized carbons (Fsp3) is 0.231. The summed E-state index contributed by atoms with van der Waals surface area (Å²) in [6.45, 7) is 2.69. The Labute approximate surface area is 198 Å². The monoisotopic (exact) mass is 474 g/mol. The quantitative estimate of drug-likeness (QED) is 0.441. The summed E-state index contributed by atoms with van der Waals surface area (Å²) >= 11 is 0. The number of hydrogen-bond acceptors (Lipinski definition) is 4. The molecule has 1 atom stereocenters. The highest BCUT2D eigenvalue weighted by atomic mass is 32.2. The van der Waals surface area contributed by atoms with Crippen molar-refractivity contribution in [3.8, 4) is 11.4 Å². The van der Waals surface area contributed by atoms with Crippen molar-refractivity contribution >= 4 is 27.0 Å². The summed E-state index contributed by atoms with van der Waals surface area (Å²) in [5, 5.41) is 2.90. The number of imidazole rings is 1. The molecule has 2 N–H and O–H groups in total. The van der Waals surface area contributed by atoms with Gasteiger partial charge in [-0.05, 0) is 43.5 Å². The van der Waals surface area contributed by atoms with Gasteiger partial charge in [-0.25, -0.2) is 13.4 Å². The average Bonchev–Trinajstić information content (AvgIpc) is 3.51. The molecule has 7 nitrogen and oxygen atoms in total. The highest BCUT2D eigenvalue weighted by Crippen LogP contribution is 2.29. The van der Waals surface area contributed by atoms with Crippen LogP contribution >= 0.6 is 0 Å². The molecule has 34 heavy (non-hydrogen) atoms. The number of aromatic amines is 1. The summed E-state index contributed by atoms with van der Waals surface area (Å²) in [4.78, 5) is 20.9. The number of aryl methyl sites for hydroxylation is 1. The molecule has 1 aliphatic heterocycles. The van der Waals surface area contributed by atoms with Gasteiger partial charge < -0.3 is 10.3 Å². The second-order valence-electron chi connectivity index (χ2n) is 8.61. The summed E-state index contributed by atoms with van der Waals surface area (Å²) in [5.41, 5.74) is 4.37. The highest BCUT2D eigenvalue weighted by Gasteiger charge is 2.39. The summed E-state index contributed by atoms with van der Waals surface area (Å²) in [6.07, 6.45) is 1.15. The topological polar surface area (TPSA) is 95.2 Å². The van der Waals surface area contributed by atoms with Gasteiger partial charge in [-0.15, -0.1) is 0 Å². The smallest absolute Gasteiger partial charge is 0.243 e. The zero-order valence-electron chi connectivity index (χ0n) is 18.9. The van der Waals surface area contributed by atoms with Crippen LogP contribution in [0.25, 0.3) is 22.4 Å². The minimum Gasteiger partial charge on any atom is -0.351 e. The van der Waals surface area contributed by atoms with Gasteiger partial charge in [0.1, 0.15) is 11.9 Å². The van der Waals surface area contributed by atoms with Crippen molar-refractivity contribution in [2.45, 2.75) is 37.2 Å². The van der Waals surface area contributed by atoms with E-state index in [1.807, 2.05) is 61.5 Å². The summed E-state index contributed by atoms with van der Waals surface area (Å²) in [6, 6.07) is 21.7. The van der Waals surface area contributed by atoms with Crippen molar-refractivity contribution in [3.63, 3.8) is 0 Å². The lowest BCUT2D eigenvalue weighted by atomic mass is 10.1. The molecule has 0 bridgehead atoms. The summed E-state index contributed by atoms with van der Waals surface area (Å²) in [7, 11) is -3.84. The molecule has 174 valence electrons. The number of amides is 1. The first-order valence-electron chi connectivity index (χ1n) is 11.3. The molecule has 0 radical (unpaired) electrons. The molecule has 0 unspecified atom stereocenters. The van der Waals surface area contributed by atoms with Gasteiger partial charge in [0.05, 0.1) is 15.9 Å². The Morgan fingerprint density at radius 2 is 1.85 bits per heavy atom. The van der Waals surface area contributed by atoms with Gasteiger partial charge in [0, 0.05) is 18.7 Å². The van der Waals surface area contributed by atoms with Gasteiger partial charge in [-0.3, -0.25) is 4.79 Å². The number of nitrogens with zero attached hydrogens (tertiary/aromatic N) is 2. The van der Waals surface area contributed by atoms with Gasteiger partial charge in [0.15, 0.2) is 0 Å². The van der Waals surface area contributed by atoms with Crippen LogP contribution in [0.1, 0.15) is 24.0 Å². The van der Waals surface area contributed by atoms with E-state index >= 15 is 0 Å². The third kappa shape index (κ3) is 4.34. The van der Waals surface area contributed by atoms with Crippen molar-refractivity contribution in [1.82, 2.24) is 19.6 Å². The van der Waals surface area contributed by atoms with Gasteiger partial charge in [-0.2, -0.15) is 4.31 Å². The Kier molecular flexibility index (Phi) is 5.93. The van der Waals surface area contributed by atoms with Crippen LogP contribution in [-0.2, 0) is 21.4 Å². The molecule has 0 saturated carbocycles. The van der Waals surface area contributed by atoms with Gasteiger partial charge in [-0.1, -0.05) is 60.2 Å². The normalized spacial score (nSPS) is 16.7. The Hall–Kier alpha value is -3.49. The fourth-order valence-electron chi connectivity index (χ4n) is 4.32. The Bertz CT molecular complexity index is 1430. The second-order valence-corrected chi connectivity index (χ2v) is 10.5. The molecule has 1 saturated heterocycles. The minimum absolute atomic E-state index is 0.154. The lowest BCUT2D eigenvalue weighted by molar-refractivity contribution is -0.124. The molecule has 8 heteroatoms. The van der Waals surface area contributed by atoms with Gasteiger partial charge >= 0.3 is 0 Å². The number of carbonyl (C=O) groups is 1. The largest absolute Gasteiger partial charge is 0.351 e. The van der Waals surface area contributed by atoms with Crippen LogP contribution in [0, 0.1) is 6.92 Å². The molecule has 1 aromatic heterocycles. The molecule has 4 aromatic rings. The van der Waals surface area contributed by atoms with E-state index < -0.39 is 16.1 Å². The Morgan fingerprint density at radius 1 is 1.09 bits per heavy atom. The van der Waals surface area contributed by atoms with E-state index in [0.717, 1.165) is 16.7 Å².